The molecule has 138 valence electrons. The fourth-order valence-corrected chi connectivity index (χ4v) is 2.69. The fraction of sp³-hybridized carbons (Fsp3) is 0.150. The van der Waals surface area contributed by atoms with E-state index in [1.165, 1.54) is 0 Å². The van der Waals surface area contributed by atoms with Crippen LogP contribution in [0, 0.1) is 0 Å². The summed E-state index contributed by atoms with van der Waals surface area (Å²) in [7, 11) is 0. The Morgan fingerprint density at radius 3 is 2.56 bits per heavy atom. The van der Waals surface area contributed by atoms with Gasteiger partial charge in [-0.3, -0.25) is 9.89 Å². The number of H-pyrrole nitrogens is 1. The van der Waals surface area contributed by atoms with Crippen molar-refractivity contribution in [2.24, 2.45) is 5.10 Å². The summed E-state index contributed by atoms with van der Waals surface area (Å²) in [6, 6.07) is 16.9. The van der Waals surface area contributed by atoms with Gasteiger partial charge >= 0.3 is 0 Å². The van der Waals surface area contributed by atoms with Crippen molar-refractivity contribution in [1.29, 1.82) is 0 Å². The summed E-state index contributed by atoms with van der Waals surface area (Å²) >= 11 is 3.40. The third kappa shape index (κ3) is 4.83. The van der Waals surface area contributed by atoms with E-state index < -0.39 is 0 Å². The highest BCUT2D eigenvalue weighted by molar-refractivity contribution is 9.10. The highest BCUT2D eigenvalue weighted by atomic mass is 79.9. The SMILES string of the molecule is CCOc1ccc(/C(C)=N/NC(=O)c2cc(-c3ccc(Br)cc3)n[nH]2)cc1. The third-order valence-corrected chi connectivity index (χ3v) is 4.40. The predicted molar refractivity (Wildman–Crippen MR) is 109 cm³/mol. The number of amides is 1. The number of hydrogen-bond donors (Lipinski definition) is 2. The van der Waals surface area contributed by atoms with Gasteiger partial charge in [-0.05, 0) is 61.9 Å². The second kappa shape index (κ2) is 8.64. The quantitative estimate of drug-likeness (QED) is 0.452. The van der Waals surface area contributed by atoms with Crippen molar-refractivity contribution in [3.8, 4) is 17.0 Å². The zero-order valence-corrected chi connectivity index (χ0v) is 16.6. The van der Waals surface area contributed by atoms with E-state index >= 15 is 0 Å². The molecule has 6 nitrogen and oxygen atoms in total. The van der Waals surface area contributed by atoms with Gasteiger partial charge in [0.15, 0.2) is 0 Å². The molecule has 1 amide bonds. The number of hydrazone groups is 1. The number of hydrogen-bond acceptors (Lipinski definition) is 4. The maximum absolute atomic E-state index is 12.3. The zero-order valence-electron chi connectivity index (χ0n) is 15.0. The van der Waals surface area contributed by atoms with Gasteiger partial charge < -0.3 is 4.74 Å². The molecule has 0 bridgehead atoms. The molecule has 0 aliphatic heterocycles. The highest BCUT2D eigenvalue weighted by Gasteiger charge is 2.11. The molecule has 0 saturated carbocycles. The van der Waals surface area contributed by atoms with Gasteiger partial charge in [0.1, 0.15) is 11.4 Å². The molecule has 1 heterocycles. The van der Waals surface area contributed by atoms with E-state index in [9.17, 15) is 4.79 Å². The first-order valence-electron chi connectivity index (χ1n) is 8.46. The van der Waals surface area contributed by atoms with Crippen molar-refractivity contribution < 1.29 is 9.53 Å². The van der Waals surface area contributed by atoms with Crippen LogP contribution in [0.3, 0.4) is 0 Å². The summed E-state index contributed by atoms with van der Waals surface area (Å²) in [5.74, 6) is 0.451. The molecule has 0 spiro atoms. The van der Waals surface area contributed by atoms with Crippen LogP contribution in [0.1, 0.15) is 29.9 Å². The minimum absolute atomic E-state index is 0.344. The van der Waals surface area contributed by atoms with E-state index in [4.69, 9.17) is 4.74 Å². The first kappa shape index (κ1) is 18.8. The summed E-state index contributed by atoms with van der Waals surface area (Å²) < 4.78 is 6.40. The first-order valence-corrected chi connectivity index (χ1v) is 9.25. The molecule has 0 fully saturated rings. The first-order chi connectivity index (χ1) is 13.1. The van der Waals surface area contributed by atoms with Crippen LogP contribution in [-0.4, -0.2) is 28.4 Å². The molecule has 0 atom stereocenters. The average Bonchev–Trinajstić information content (AvgIpc) is 3.17. The largest absolute Gasteiger partial charge is 0.494 e. The smallest absolute Gasteiger partial charge is 0.289 e. The highest BCUT2D eigenvalue weighted by Crippen LogP contribution is 2.20. The van der Waals surface area contributed by atoms with E-state index in [2.05, 4.69) is 36.7 Å². The molecule has 3 aromatic rings. The summed E-state index contributed by atoms with van der Waals surface area (Å²) in [5.41, 5.74) is 6.10. The second-order valence-corrected chi connectivity index (χ2v) is 6.68. The number of halogens is 1. The Labute approximate surface area is 165 Å². The van der Waals surface area contributed by atoms with Gasteiger partial charge in [-0.1, -0.05) is 28.1 Å². The molecule has 27 heavy (non-hydrogen) atoms. The molecule has 0 aliphatic rings. The van der Waals surface area contributed by atoms with Crippen molar-refractivity contribution in [2.45, 2.75) is 13.8 Å². The van der Waals surface area contributed by atoms with Gasteiger partial charge in [-0.2, -0.15) is 10.2 Å². The van der Waals surface area contributed by atoms with Crippen molar-refractivity contribution in [3.63, 3.8) is 0 Å². The lowest BCUT2D eigenvalue weighted by molar-refractivity contribution is 0.0950. The Morgan fingerprint density at radius 2 is 1.89 bits per heavy atom. The molecule has 0 radical (unpaired) electrons. The van der Waals surface area contributed by atoms with Gasteiger partial charge in [0.25, 0.3) is 5.91 Å². The van der Waals surface area contributed by atoms with Crippen LogP contribution in [0.2, 0.25) is 0 Å². The number of benzene rings is 2. The van der Waals surface area contributed by atoms with E-state index in [-0.39, 0.29) is 5.91 Å². The number of carbonyl (C=O) groups is 1. The molecule has 7 heteroatoms. The molecular formula is C20H19BrN4O2. The molecule has 2 aromatic carbocycles. The van der Waals surface area contributed by atoms with Crippen LogP contribution in [0.4, 0.5) is 0 Å². The summed E-state index contributed by atoms with van der Waals surface area (Å²) in [6.07, 6.45) is 0. The topological polar surface area (TPSA) is 79.4 Å². The van der Waals surface area contributed by atoms with Gasteiger partial charge in [-0.25, -0.2) is 5.43 Å². The van der Waals surface area contributed by atoms with Gasteiger partial charge in [0.2, 0.25) is 0 Å². The Hall–Kier alpha value is -2.93. The van der Waals surface area contributed by atoms with Crippen LogP contribution in [0.15, 0.2) is 64.2 Å². The second-order valence-electron chi connectivity index (χ2n) is 5.77. The molecular weight excluding hydrogens is 408 g/mol. The van der Waals surface area contributed by atoms with E-state index in [0.29, 0.717) is 23.7 Å². The van der Waals surface area contributed by atoms with E-state index in [0.717, 1.165) is 21.3 Å². The van der Waals surface area contributed by atoms with Crippen LogP contribution >= 0.6 is 15.9 Å². The average molecular weight is 427 g/mol. The maximum Gasteiger partial charge on any atom is 0.289 e. The van der Waals surface area contributed by atoms with Gasteiger partial charge in [-0.15, -0.1) is 0 Å². The summed E-state index contributed by atoms with van der Waals surface area (Å²) in [5, 5.41) is 11.1. The minimum Gasteiger partial charge on any atom is -0.494 e. The molecule has 0 unspecified atom stereocenters. The van der Waals surface area contributed by atoms with E-state index in [1.54, 1.807) is 6.07 Å². The number of aromatic nitrogens is 2. The van der Waals surface area contributed by atoms with Crippen LogP contribution in [0.25, 0.3) is 11.3 Å². The lowest BCUT2D eigenvalue weighted by atomic mass is 10.1. The van der Waals surface area contributed by atoms with Crippen molar-refractivity contribution in [1.82, 2.24) is 15.6 Å². The third-order valence-electron chi connectivity index (χ3n) is 3.87. The maximum atomic E-state index is 12.3. The number of rotatable bonds is 6. The van der Waals surface area contributed by atoms with Gasteiger partial charge in [0.05, 0.1) is 18.0 Å². The lowest BCUT2D eigenvalue weighted by Crippen LogP contribution is -2.19. The Morgan fingerprint density at radius 1 is 1.19 bits per heavy atom. The lowest BCUT2D eigenvalue weighted by Gasteiger charge is -2.05. The Bertz CT molecular complexity index is 947. The number of nitrogens with one attached hydrogen (secondary N) is 2. The zero-order chi connectivity index (χ0) is 19.2. The summed E-state index contributed by atoms with van der Waals surface area (Å²) in [4.78, 5) is 12.3. The monoisotopic (exact) mass is 426 g/mol. The van der Waals surface area contributed by atoms with E-state index in [1.807, 2.05) is 62.4 Å². The number of ether oxygens (including phenoxy) is 1. The van der Waals surface area contributed by atoms with Gasteiger partial charge in [0, 0.05) is 10.0 Å². The standard InChI is InChI=1S/C20H19BrN4O2/c1-3-27-17-10-6-14(7-11-17)13(2)22-25-20(26)19-12-18(23-24-19)15-4-8-16(21)9-5-15/h4-12H,3H2,1-2H3,(H,23,24)(H,25,26)/b22-13+. The minimum atomic E-state index is -0.351. The number of nitrogens with zero attached hydrogens (tertiary/aromatic N) is 2. The predicted octanol–water partition coefficient (Wildman–Crippen LogP) is 4.39. The van der Waals surface area contributed by atoms with Crippen LogP contribution in [-0.2, 0) is 0 Å². The fourth-order valence-electron chi connectivity index (χ4n) is 2.43. The van der Waals surface area contributed by atoms with Crippen molar-refractivity contribution in [2.75, 3.05) is 6.61 Å². The van der Waals surface area contributed by atoms with Crippen molar-refractivity contribution in [3.05, 3.63) is 70.3 Å². The Balaban J connectivity index is 1.66. The van der Waals surface area contributed by atoms with Crippen LogP contribution in [0.5, 0.6) is 5.75 Å². The molecule has 1 aromatic heterocycles. The molecule has 0 aliphatic carbocycles. The van der Waals surface area contributed by atoms with Crippen molar-refractivity contribution >= 4 is 27.5 Å². The summed E-state index contributed by atoms with van der Waals surface area (Å²) in [6.45, 7) is 4.39. The molecule has 3 rings (SSSR count). The normalized spacial score (nSPS) is 11.3. The number of aromatic amines is 1. The Kier molecular flexibility index (Phi) is 6.03. The number of carbonyl (C=O) groups excluding carboxylic acids is 1. The molecule has 2 N–H and O–H groups in total. The van der Waals surface area contributed by atoms with Crippen LogP contribution < -0.4 is 10.2 Å². The molecule has 0 saturated heterocycles.